The summed E-state index contributed by atoms with van der Waals surface area (Å²) in [5.41, 5.74) is 0.775. The second kappa shape index (κ2) is 7.79. The highest BCUT2D eigenvalue weighted by Gasteiger charge is 2.30. The van der Waals surface area contributed by atoms with Crippen LogP contribution in [-0.2, 0) is 14.3 Å². The van der Waals surface area contributed by atoms with Crippen molar-refractivity contribution in [3.63, 3.8) is 0 Å². The molecule has 1 aromatic rings. The first kappa shape index (κ1) is 18.4. The molecule has 0 saturated heterocycles. The molecule has 132 valence electrons. The number of rotatable bonds is 7. The van der Waals surface area contributed by atoms with Crippen LogP contribution in [0, 0.1) is 18.8 Å². The minimum atomic E-state index is -0.673. The first-order chi connectivity index (χ1) is 11.3. The Balaban J connectivity index is 2.05. The van der Waals surface area contributed by atoms with E-state index in [2.05, 4.69) is 10.6 Å². The normalized spacial score (nSPS) is 15.0. The molecule has 1 heterocycles. The van der Waals surface area contributed by atoms with E-state index in [4.69, 9.17) is 4.74 Å². The van der Waals surface area contributed by atoms with Crippen LogP contribution in [0.1, 0.15) is 48.3 Å². The fourth-order valence-corrected chi connectivity index (χ4v) is 3.37. The van der Waals surface area contributed by atoms with Crippen LogP contribution in [0.4, 0.5) is 5.00 Å². The lowest BCUT2D eigenvalue weighted by Crippen LogP contribution is -2.42. The number of hydrogen-bond acceptors (Lipinski definition) is 5. The number of aryl methyl sites for hydroxylation is 1. The van der Waals surface area contributed by atoms with Crippen molar-refractivity contribution >= 4 is 34.1 Å². The van der Waals surface area contributed by atoms with Gasteiger partial charge in [0.2, 0.25) is 5.91 Å². The van der Waals surface area contributed by atoms with Crippen LogP contribution >= 0.6 is 11.3 Å². The van der Waals surface area contributed by atoms with Crippen LogP contribution in [0.15, 0.2) is 6.07 Å². The molecule has 1 atom stereocenters. The molecule has 1 saturated carbocycles. The number of carbonyl (C=O) groups is 3. The summed E-state index contributed by atoms with van der Waals surface area (Å²) < 4.78 is 4.76. The molecule has 0 spiro atoms. The van der Waals surface area contributed by atoms with E-state index in [1.165, 1.54) is 18.4 Å². The Hall–Kier alpha value is -1.89. The van der Waals surface area contributed by atoms with E-state index in [0.717, 1.165) is 18.4 Å². The number of hydrogen-bond donors (Lipinski definition) is 2. The van der Waals surface area contributed by atoms with Gasteiger partial charge < -0.3 is 15.4 Å². The van der Waals surface area contributed by atoms with Crippen molar-refractivity contribution in [1.29, 1.82) is 0 Å². The van der Waals surface area contributed by atoms with Crippen LogP contribution in [0.5, 0.6) is 0 Å². The maximum absolute atomic E-state index is 12.5. The van der Waals surface area contributed by atoms with Gasteiger partial charge in [-0.2, -0.15) is 0 Å². The van der Waals surface area contributed by atoms with Gasteiger partial charge in [0.25, 0.3) is 5.91 Å². The molecule has 2 amide bonds. The Morgan fingerprint density at radius 1 is 1.33 bits per heavy atom. The van der Waals surface area contributed by atoms with Crippen molar-refractivity contribution < 1.29 is 19.1 Å². The second-order valence-corrected chi connectivity index (χ2v) is 7.62. The number of esters is 1. The average molecular weight is 352 g/mol. The number of carbonyl (C=O) groups excluding carboxylic acids is 3. The SMILES string of the molecule is COC(=O)C(CC(C)C)NC(=O)c1sc(NC(=O)C2CC2)cc1C. The van der Waals surface area contributed by atoms with Crippen molar-refractivity contribution in [3.8, 4) is 0 Å². The van der Waals surface area contributed by atoms with E-state index in [1.54, 1.807) is 6.07 Å². The highest BCUT2D eigenvalue weighted by atomic mass is 32.1. The maximum atomic E-state index is 12.5. The van der Waals surface area contributed by atoms with Gasteiger partial charge in [0.1, 0.15) is 6.04 Å². The molecule has 2 rings (SSSR count). The molecule has 6 nitrogen and oxygen atoms in total. The predicted octanol–water partition coefficient (Wildman–Crippen LogP) is 2.72. The van der Waals surface area contributed by atoms with Crippen LogP contribution in [-0.4, -0.2) is 30.9 Å². The Labute approximate surface area is 146 Å². The van der Waals surface area contributed by atoms with E-state index in [-0.39, 0.29) is 23.7 Å². The highest BCUT2D eigenvalue weighted by Crippen LogP contribution is 2.32. The standard InChI is InChI=1S/C17H24N2O4S/c1-9(2)7-12(17(22)23-4)18-16(21)14-10(3)8-13(24-14)19-15(20)11-5-6-11/h8-9,11-12H,5-7H2,1-4H3,(H,18,21)(H,19,20). The number of nitrogens with one attached hydrogen (secondary N) is 2. The Morgan fingerprint density at radius 2 is 2.00 bits per heavy atom. The summed E-state index contributed by atoms with van der Waals surface area (Å²) in [5.74, 6) is -0.406. The van der Waals surface area contributed by atoms with Gasteiger partial charge in [0.15, 0.2) is 0 Å². The second-order valence-electron chi connectivity index (χ2n) is 6.57. The summed E-state index contributed by atoms with van der Waals surface area (Å²) >= 11 is 1.23. The Kier molecular flexibility index (Phi) is 5.99. The highest BCUT2D eigenvalue weighted by molar-refractivity contribution is 7.18. The number of anilines is 1. The monoisotopic (exact) mass is 352 g/mol. The molecule has 1 aliphatic carbocycles. The number of ether oxygens (including phenoxy) is 1. The van der Waals surface area contributed by atoms with Crippen molar-refractivity contribution in [2.45, 2.75) is 46.1 Å². The number of thiophene rings is 1. The molecule has 2 N–H and O–H groups in total. The smallest absolute Gasteiger partial charge is 0.328 e. The van der Waals surface area contributed by atoms with Crippen LogP contribution in [0.25, 0.3) is 0 Å². The molecule has 1 aliphatic rings. The third-order valence-electron chi connectivity index (χ3n) is 3.82. The first-order valence-electron chi connectivity index (χ1n) is 8.11. The zero-order valence-electron chi connectivity index (χ0n) is 14.5. The summed E-state index contributed by atoms with van der Waals surface area (Å²) in [4.78, 5) is 36.7. The van der Waals surface area contributed by atoms with E-state index in [1.807, 2.05) is 20.8 Å². The molecular formula is C17H24N2O4S. The molecule has 0 bridgehead atoms. The molecular weight excluding hydrogens is 328 g/mol. The van der Waals surface area contributed by atoms with Crippen molar-refractivity contribution in [1.82, 2.24) is 5.32 Å². The number of amides is 2. The maximum Gasteiger partial charge on any atom is 0.328 e. The lowest BCUT2D eigenvalue weighted by molar-refractivity contribution is -0.143. The fraction of sp³-hybridized carbons (Fsp3) is 0.588. The summed E-state index contributed by atoms with van der Waals surface area (Å²) in [6, 6.07) is 1.11. The predicted molar refractivity (Wildman–Crippen MR) is 93.1 cm³/mol. The topological polar surface area (TPSA) is 84.5 Å². The number of methoxy groups -OCH3 is 1. The summed E-state index contributed by atoms with van der Waals surface area (Å²) in [5, 5.41) is 6.25. The van der Waals surface area contributed by atoms with Gasteiger partial charge in [-0.05, 0) is 43.7 Å². The molecule has 1 unspecified atom stereocenters. The third kappa shape index (κ3) is 4.80. The Morgan fingerprint density at radius 3 is 2.54 bits per heavy atom. The average Bonchev–Trinajstić information content (AvgIpc) is 3.29. The first-order valence-corrected chi connectivity index (χ1v) is 8.93. The summed E-state index contributed by atoms with van der Waals surface area (Å²) in [6.07, 6.45) is 2.37. The van der Waals surface area contributed by atoms with Gasteiger partial charge in [-0.3, -0.25) is 9.59 Å². The lowest BCUT2D eigenvalue weighted by atomic mass is 10.0. The van der Waals surface area contributed by atoms with Gasteiger partial charge in [0, 0.05) is 5.92 Å². The van der Waals surface area contributed by atoms with Crippen LogP contribution in [0.3, 0.4) is 0 Å². The zero-order chi connectivity index (χ0) is 17.9. The molecule has 24 heavy (non-hydrogen) atoms. The van der Waals surface area contributed by atoms with Gasteiger partial charge in [-0.1, -0.05) is 13.8 Å². The lowest BCUT2D eigenvalue weighted by Gasteiger charge is -2.18. The molecule has 0 aromatic carbocycles. The van der Waals surface area contributed by atoms with Gasteiger partial charge in [-0.25, -0.2) is 4.79 Å². The van der Waals surface area contributed by atoms with Gasteiger partial charge in [0.05, 0.1) is 17.0 Å². The van der Waals surface area contributed by atoms with Crippen molar-refractivity contribution in [2.24, 2.45) is 11.8 Å². The Bertz CT molecular complexity index is 635. The van der Waals surface area contributed by atoms with Gasteiger partial charge >= 0.3 is 5.97 Å². The minimum Gasteiger partial charge on any atom is -0.467 e. The molecule has 0 radical (unpaired) electrons. The van der Waals surface area contributed by atoms with Gasteiger partial charge in [-0.15, -0.1) is 11.3 Å². The molecule has 7 heteroatoms. The van der Waals surface area contributed by atoms with Crippen molar-refractivity contribution in [2.75, 3.05) is 12.4 Å². The fourth-order valence-electron chi connectivity index (χ4n) is 2.39. The molecule has 1 fully saturated rings. The zero-order valence-corrected chi connectivity index (χ0v) is 15.3. The van der Waals surface area contributed by atoms with E-state index >= 15 is 0 Å². The van der Waals surface area contributed by atoms with Crippen molar-refractivity contribution in [3.05, 3.63) is 16.5 Å². The van der Waals surface area contributed by atoms with E-state index in [0.29, 0.717) is 16.3 Å². The van der Waals surface area contributed by atoms with E-state index in [9.17, 15) is 14.4 Å². The van der Waals surface area contributed by atoms with E-state index < -0.39 is 12.0 Å². The summed E-state index contributed by atoms with van der Waals surface area (Å²) in [6.45, 7) is 5.77. The largest absolute Gasteiger partial charge is 0.467 e. The minimum absolute atomic E-state index is 0.00968. The summed E-state index contributed by atoms with van der Waals surface area (Å²) in [7, 11) is 1.31. The quantitative estimate of drug-likeness (QED) is 0.739. The molecule has 1 aromatic heterocycles. The molecule has 0 aliphatic heterocycles. The van der Waals surface area contributed by atoms with Crippen LogP contribution < -0.4 is 10.6 Å². The third-order valence-corrected chi connectivity index (χ3v) is 4.97. The van der Waals surface area contributed by atoms with Crippen LogP contribution in [0.2, 0.25) is 0 Å².